The van der Waals surface area contributed by atoms with Crippen molar-refractivity contribution in [3.05, 3.63) is 106 Å². The van der Waals surface area contributed by atoms with Gasteiger partial charge in [-0.2, -0.15) is 0 Å². The van der Waals surface area contributed by atoms with Crippen molar-refractivity contribution in [2.24, 2.45) is 16.2 Å². The highest BCUT2D eigenvalue weighted by Gasteiger charge is 2.53. The molecule has 2 atom stereocenters. The summed E-state index contributed by atoms with van der Waals surface area (Å²) in [5.74, 6) is 6.43. The van der Waals surface area contributed by atoms with Crippen LogP contribution in [0.2, 0.25) is 0 Å². The summed E-state index contributed by atoms with van der Waals surface area (Å²) in [5, 5.41) is 20.6. The number of hydrogen-bond donors (Lipinski definition) is 2. The van der Waals surface area contributed by atoms with Gasteiger partial charge in [-0.25, -0.2) is 0 Å². The van der Waals surface area contributed by atoms with E-state index in [2.05, 4.69) is 32.6 Å². The van der Waals surface area contributed by atoms with Crippen LogP contribution in [-0.4, -0.2) is 27.9 Å². The monoisotopic (exact) mass is 596 g/mol. The Labute approximate surface area is 266 Å². The molecule has 2 aliphatic carbocycles. The first-order valence-corrected chi connectivity index (χ1v) is 15.5. The van der Waals surface area contributed by atoms with Gasteiger partial charge in [-0.1, -0.05) is 124 Å². The number of aliphatic hydroxyl groups is 2. The molecule has 0 aromatic rings. The van der Waals surface area contributed by atoms with Crippen LogP contribution in [-0.2, 0) is 9.59 Å². The number of allylic oxidation sites excluding steroid dienone is 16. The molecule has 0 amide bonds. The van der Waals surface area contributed by atoms with Gasteiger partial charge in [0.1, 0.15) is 11.5 Å². The molecule has 44 heavy (non-hydrogen) atoms. The molecule has 236 valence electrons. The molecule has 0 bridgehead atoms. The molecule has 2 unspecified atom stereocenters. The lowest BCUT2D eigenvalue weighted by Crippen LogP contribution is -2.36. The van der Waals surface area contributed by atoms with E-state index in [1.165, 1.54) is 11.6 Å². The summed E-state index contributed by atoms with van der Waals surface area (Å²) in [5.41, 5.74) is 4.68. The molecular weight excluding hydrogens is 544 g/mol. The molecule has 0 spiro atoms. The van der Waals surface area contributed by atoms with E-state index in [0.717, 1.165) is 28.7 Å². The summed E-state index contributed by atoms with van der Waals surface area (Å²) >= 11 is 0. The second kappa shape index (κ2) is 15.4. The molecule has 1 saturated carbocycles. The molecule has 2 aliphatic rings. The fraction of sp³-hybridized carbons (Fsp3) is 0.450. The van der Waals surface area contributed by atoms with Crippen molar-refractivity contribution in [3.63, 3.8) is 0 Å². The second-order valence-corrected chi connectivity index (χ2v) is 14.0. The number of carbonyl (C=O) groups is 2. The van der Waals surface area contributed by atoms with Crippen molar-refractivity contribution in [3.8, 4) is 11.8 Å². The zero-order chi connectivity index (χ0) is 33.3. The first-order valence-electron chi connectivity index (χ1n) is 15.5. The van der Waals surface area contributed by atoms with Crippen LogP contribution >= 0.6 is 0 Å². The molecule has 0 radical (unpaired) electrons. The molecular formula is C40H52O4. The fourth-order valence-electron chi connectivity index (χ4n) is 5.78. The summed E-state index contributed by atoms with van der Waals surface area (Å²) in [6.45, 7) is 19.8. The highest BCUT2D eigenvalue weighted by molar-refractivity contribution is 6.01. The second-order valence-electron chi connectivity index (χ2n) is 14.0. The van der Waals surface area contributed by atoms with Crippen LogP contribution in [0.25, 0.3) is 0 Å². The number of carbonyl (C=O) groups excluding carboxylic acids is 2. The van der Waals surface area contributed by atoms with E-state index >= 15 is 0 Å². The first-order chi connectivity index (χ1) is 20.4. The third-order valence-electron chi connectivity index (χ3n) is 8.92. The van der Waals surface area contributed by atoms with E-state index in [1.807, 2.05) is 96.2 Å². The number of hydrogen-bond acceptors (Lipinski definition) is 4. The number of Topliss-reactive ketones (excluding diaryl/α,β-unsaturated/α-hetero) is 1. The number of aliphatic hydroxyl groups excluding tert-OH is 2. The Hall–Kier alpha value is -3.68. The van der Waals surface area contributed by atoms with E-state index in [0.29, 0.717) is 18.4 Å². The van der Waals surface area contributed by atoms with Crippen molar-refractivity contribution in [2.75, 3.05) is 0 Å². The Morgan fingerprint density at radius 1 is 0.864 bits per heavy atom. The molecule has 0 aromatic carbocycles. The van der Waals surface area contributed by atoms with Gasteiger partial charge < -0.3 is 10.2 Å². The van der Waals surface area contributed by atoms with E-state index in [1.54, 1.807) is 13.0 Å². The van der Waals surface area contributed by atoms with Crippen LogP contribution in [0, 0.1) is 28.1 Å². The van der Waals surface area contributed by atoms with Gasteiger partial charge in [0.2, 0.25) is 0 Å². The van der Waals surface area contributed by atoms with Gasteiger partial charge in [0.05, 0.1) is 6.10 Å². The average Bonchev–Trinajstić information content (AvgIpc) is 3.11. The van der Waals surface area contributed by atoms with Crippen LogP contribution in [0.5, 0.6) is 0 Å². The third kappa shape index (κ3) is 10.2. The molecule has 4 nitrogen and oxygen atoms in total. The normalized spacial score (nSPS) is 25.4. The average molecular weight is 597 g/mol. The Kier molecular flexibility index (Phi) is 12.7. The van der Waals surface area contributed by atoms with Crippen molar-refractivity contribution in [1.29, 1.82) is 0 Å². The summed E-state index contributed by atoms with van der Waals surface area (Å²) in [6.07, 6.45) is 22.6. The van der Waals surface area contributed by atoms with Crippen molar-refractivity contribution in [1.82, 2.24) is 0 Å². The lowest BCUT2D eigenvalue weighted by atomic mass is 9.66. The van der Waals surface area contributed by atoms with Crippen LogP contribution < -0.4 is 0 Å². The first kappa shape index (κ1) is 36.5. The molecule has 0 heterocycles. The maximum Gasteiger partial charge on any atom is 0.166 e. The summed E-state index contributed by atoms with van der Waals surface area (Å²) < 4.78 is 0. The predicted molar refractivity (Wildman–Crippen MR) is 184 cm³/mol. The number of rotatable bonds is 9. The maximum atomic E-state index is 13.0. The van der Waals surface area contributed by atoms with Gasteiger partial charge in [-0.3, -0.25) is 9.59 Å². The van der Waals surface area contributed by atoms with Crippen LogP contribution in [0.4, 0.5) is 0 Å². The van der Waals surface area contributed by atoms with Crippen molar-refractivity contribution < 1.29 is 19.8 Å². The molecule has 0 aliphatic heterocycles. The van der Waals surface area contributed by atoms with Gasteiger partial charge in [0.25, 0.3) is 0 Å². The standard InChI is InChI=1S/C40H52O4/c1-28(17-13-18-30(3)21-22-35-32(5)23-33(41)25-38(35,6)7)15-11-12-16-29(2)19-14-20-31(4)36(43)24-37(44)40(10)27-34(42)26-39(40,8)9/h11-20,24,33,41,43H,23,25-27H2,1-10H3/b12-11+,17-13?,19-14+,28-15?,29-16+,30-18?,31-20+,36-24-. The predicted octanol–water partition coefficient (Wildman–Crippen LogP) is 9.35. The lowest BCUT2D eigenvalue weighted by Gasteiger charge is -2.35. The van der Waals surface area contributed by atoms with Crippen molar-refractivity contribution >= 4 is 11.6 Å². The van der Waals surface area contributed by atoms with E-state index in [4.69, 9.17) is 0 Å². The SMILES string of the molecule is CC(C#CC1=C(C)CC(O)CC1(C)C)=CC=CC(C)=C/C=C/C=C(C)/C=C/C=C(C)/C(O)=C/C(=O)C1(C)CC(=O)CC1(C)C. The minimum absolute atomic E-state index is 0.0790. The third-order valence-corrected chi connectivity index (χ3v) is 8.92. The van der Waals surface area contributed by atoms with E-state index < -0.39 is 10.8 Å². The maximum absolute atomic E-state index is 13.0. The summed E-state index contributed by atoms with van der Waals surface area (Å²) in [4.78, 5) is 25.0. The zero-order valence-corrected chi connectivity index (χ0v) is 28.5. The molecule has 1 fully saturated rings. The van der Waals surface area contributed by atoms with Gasteiger partial charge in [-0.15, -0.1) is 0 Å². The topological polar surface area (TPSA) is 74.6 Å². The smallest absolute Gasteiger partial charge is 0.166 e. The van der Waals surface area contributed by atoms with Gasteiger partial charge in [0, 0.05) is 35.3 Å². The highest BCUT2D eigenvalue weighted by Crippen LogP contribution is 2.51. The Morgan fingerprint density at radius 2 is 1.43 bits per heavy atom. The Morgan fingerprint density at radius 3 is 1.95 bits per heavy atom. The lowest BCUT2D eigenvalue weighted by molar-refractivity contribution is -0.128. The highest BCUT2D eigenvalue weighted by atomic mass is 16.3. The molecule has 0 saturated heterocycles. The van der Waals surface area contributed by atoms with Crippen LogP contribution in [0.15, 0.2) is 106 Å². The van der Waals surface area contributed by atoms with E-state index in [-0.39, 0.29) is 35.3 Å². The summed E-state index contributed by atoms with van der Waals surface area (Å²) in [6, 6.07) is 0. The Balaban J connectivity index is 1.95. The molecule has 2 N–H and O–H groups in total. The minimum atomic E-state index is -0.803. The summed E-state index contributed by atoms with van der Waals surface area (Å²) in [7, 11) is 0. The molecule has 2 rings (SSSR count). The van der Waals surface area contributed by atoms with Crippen LogP contribution in [0.1, 0.15) is 94.9 Å². The van der Waals surface area contributed by atoms with Gasteiger partial charge >= 0.3 is 0 Å². The number of ketones is 2. The quantitative estimate of drug-likeness (QED) is 0.120. The van der Waals surface area contributed by atoms with Crippen molar-refractivity contribution in [2.45, 2.75) is 101 Å². The minimum Gasteiger partial charge on any atom is -0.508 e. The largest absolute Gasteiger partial charge is 0.508 e. The Bertz CT molecular complexity index is 1460. The van der Waals surface area contributed by atoms with Crippen LogP contribution in [0.3, 0.4) is 0 Å². The van der Waals surface area contributed by atoms with Gasteiger partial charge in [-0.05, 0) is 64.0 Å². The fourth-order valence-corrected chi connectivity index (χ4v) is 5.78. The zero-order valence-electron chi connectivity index (χ0n) is 28.5. The van der Waals surface area contributed by atoms with E-state index in [9.17, 15) is 19.8 Å². The molecule has 0 aromatic heterocycles. The van der Waals surface area contributed by atoms with Gasteiger partial charge in [0.15, 0.2) is 5.78 Å². The molecule has 4 heteroatoms.